The summed E-state index contributed by atoms with van der Waals surface area (Å²) in [5.74, 6) is -1.05. The SMILES string of the molecule is C[AsH]C(C)C(=O)NC(C(=O)N1CCCC1C(=O)O)C1CCCCC1. The molecule has 0 aromatic carbocycles. The average molecular weight is 400 g/mol. The van der Waals surface area contributed by atoms with E-state index in [1.54, 1.807) is 0 Å². The molecule has 0 aromatic heterocycles. The number of hydrogen-bond acceptors (Lipinski definition) is 3. The molecule has 1 aliphatic carbocycles. The maximum atomic E-state index is 13.1. The first-order chi connectivity index (χ1) is 11.5. The molecule has 1 saturated heterocycles. The van der Waals surface area contributed by atoms with E-state index in [0.717, 1.165) is 25.7 Å². The van der Waals surface area contributed by atoms with Gasteiger partial charge in [-0.15, -0.1) is 0 Å². The quantitative estimate of drug-likeness (QED) is 0.661. The molecule has 1 heterocycles. The Bertz CT molecular complexity index is 479. The molecule has 1 saturated carbocycles. The van der Waals surface area contributed by atoms with Crippen LogP contribution in [-0.4, -0.2) is 62.2 Å². The van der Waals surface area contributed by atoms with Crippen LogP contribution in [0.2, 0.25) is 10.4 Å². The number of carboxylic acids is 1. The van der Waals surface area contributed by atoms with Gasteiger partial charge in [-0.3, -0.25) is 0 Å². The Hall–Kier alpha value is -1.03. The second-order valence-electron chi connectivity index (χ2n) is 6.92. The van der Waals surface area contributed by atoms with E-state index in [1.165, 1.54) is 11.3 Å². The van der Waals surface area contributed by atoms with Gasteiger partial charge in [0.05, 0.1) is 0 Å². The number of amides is 2. The molecule has 2 N–H and O–H groups in total. The molecule has 4 atom stereocenters. The van der Waals surface area contributed by atoms with Crippen molar-refractivity contribution in [2.45, 2.75) is 74.4 Å². The van der Waals surface area contributed by atoms with Gasteiger partial charge >= 0.3 is 150 Å². The number of nitrogens with one attached hydrogen (secondary N) is 1. The van der Waals surface area contributed by atoms with Gasteiger partial charge in [-0.1, -0.05) is 0 Å². The van der Waals surface area contributed by atoms with Crippen LogP contribution in [0.3, 0.4) is 0 Å². The van der Waals surface area contributed by atoms with E-state index in [0.29, 0.717) is 19.4 Å². The van der Waals surface area contributed by atoms with Crippen LogP contribution < -0.4 is 5.32 Å². The third-order valence-electron chi connectivity index (χ3n) is 5.33. The predicted octanol–water partition coefficient (Wildman–Crippen LogP) is 1.42. The van der Waals surface area contributed by atoms with Gasteiger partial charge in [-0.05, 0) is 0 Å². The fraction of sp³-hybridized carbons (Fsp3) is 0.824. The first-order valence-electron chi connectivity index (χ1n) is 8.96. The molecule has 1 aliphatic heterocycles. The Morgan fingerprint density at radius 2 is 1.79 bits per heavy atom. The molecule has 2 rings (SSSR count). The van der Waals surface area contributed by atoms with Crippen LogP contribution >= 0.6 is 0 Å². The van der Waals surface area contributed by atoms with E-state index in [1.807, 2.05) is 6.92 Å². The second-order valence-corrected chi connectivity index (χ2v) is 9.95. The first kappa shape index (κ1) is 19.3. The molecule has 0 aromatic rings. The number of rotatable bonds is 6. The van der Waals surface area contributed by atoms with Crippen LogP contribution in [0.1, 0.15) is 51.9 Å². The van der Waals surface area contributed by atoms with Gasteiger partial charge < -0.3 is 0 Å². The summed E-state index contributed by atoms with van der Waals surface area (Å²) >= 11 is -0.357. The van der Waals surface area contributed by atoms with E-state index in [-0.39, 0.29) is 38.2 Å². The zero-order valence-electron chi connectivity index (χ0n) is 14.6. The van der Waals surface area contributed by atoms with Crippen molar-refractivity contribution in [3.05, 3.63) is 0 Å². The van der Waals surface area contributed by atoms with Crippen molar-refractivity contribution >= 4 is 33.5 Å². The Kier molecular flexibility index (Phi) is 7.14. The van der Waals surface area contributed by atoms with E-state index in [4.69, 9.17) is 0 Å². The zero-order valence-corrected chi connectivity index (χ0v) is 16.7. The molecular formula is C17H29AsN2O4. The van der Waals surface area contributed by atoms with E-state index in [9.17, 15) is 19.5 Å². The van der Waals surface area contributed by atoms with Gasteiger partial charge in [0.15, 0.2) is 0 Å². The van der Waals surface area contributed by atoms with Crippen molar-refractivity contribution in [3.63, 3.8) is 0 Å². The summed E-state index contributed by atoms with van der Waals surface area (Å²) in [6, 6.07) is -1.30. The number of carbonyl (C=O) groups is 3. The van der Waals surface area contributed by atoms with Crippen LogP contribution in [0.4, 0.5) is 0 Å². The Balaban J connectivity index is 2.15. The van der Waals surface area contributed by atoms with Crippen LogP contribution in [0.15, 0.2) is 0 Å². The van der Waals surface area contributed by atoms with Crippen molar-refractivity contribution < 1.29 is 19.5 Å². The van der Waals surface area contributed by atoms with E-state index < -0.39 is 18.1 Å². The fourth-order valence-electron chi connectivity index (χ4n) is 3.72. The van der Waals surface area contributed by atoms with Gasteiger partial charge in [0.25, 0.3) is 0 Å². The number of aliphatic carboxylic acids is 1. The van der Waals surface area contributed by atoms with Crippen LogP contribution in [-0.2, 0) is 14.4 Å². The minimum absolute atomic E-state index is 0.0160. The zero-order chi connectivity index (χ0) is 17.7. The molecule has 4 unspecified atom stereocenters. The van der Waals surface area contributed by atoms with Gasteiger partial charge in [0.2, 0.25) is 0 Å². The maximum absolute atomic E-state index is 13.1. The van der Waals surface area contributed by atoms with Crippen molar-refractivity contribution in [1.29, 1.82) is 0 Å². The minimum atomic E-state index is -0.942. The van der Waals surface area contributed by atoms with Crippen molar-refractivity contribution in [1.82, 2.24) is 10.2 Å². The standard InChI is InChI=1S/C17H29AsN2O4/c1-11(18-2)15(21)19-14(12-7-4-3-5-8-12)16(22)20-10-6-9-13(20)17(23)24/h11-14,18H,3-10H2,1-2H3,(H,19,21)(H,23,24). The predicted molar refractivity (Wildman–Crippen MR) is 93.3 cm³/mol. The fourth-order valence-corrected chi connectivity index (χ4v) is 4.45. The van der Waals surface area contributed by atoms with Crippen LogP contribution in [0, 0.1) is 5.92 Å². The number of carboxylic acid groups (broad SMARTS) is 1. The third kappa shape index (κ3) is 4.53. The molecule has 0 bridgehead atoms. The van der Waals surface area contributed by atoms with Gasteiger partial charge in [-0.25, -0.2) is 0 Å². The Labute approximate surface area is 150 Å². The first-order valence-corrected chi connectivity index (χ1v) is 12.3. The molecule has 2 aliphatic rings. The summed E-state index contributed by atoms with van der Waals surface area (Å²) < 4.78 is -0.0160. The van der Waals surface area contributed by atoms with Crippen molar-refractivity contribution in [2.24, 2.45) is 5.92 Å². The average Bonchev–Trinajstić information content (AvgIpc) is 3.09. The summed E-state index contributed by atoms with van der Waals surface area (Å²) in [5, 5.41) is 12.3. The molecule has 2 fully saturated rings. The molecule has 0 spiro atoms. The topological polar surface area (TPSA) is 86.7 Å². The van der Waals surface area contributed by atoms with Crippen molar-refractivity contribution in [3.8, 4) is 0 Å². The third-order valence-corrected chi connectivity index (χ3v) is 7.70. The summed E-state index contributed by atoms with van der Waals surface area (Å²) in [6.07, 6.45) is 6.39. The number of likely N-dealkylation sites (tertiary alicyclic amines) is 1. The number of nitrogens with zero attached hydrogens (tertiary/aromatic N) is 1. The Morgan fingerprint density at radius 1 is 1.12 bits per heavy atom. The number of hydrogen-bond donors (Lipinski definition) is 2. The second kappa shape index (κ2) is 8.89. The normalized spacial score (nSPS) is 24.9. The molecule has 0 radical (unpaired) electrons. The molecular weight excluding hydrogens is 371 g/mol. The van der Waals surface area contributed by atoms with Crippen molar-refractivity contribution in [2.75, 3.05) is 6.54 Å². The molecule has 7 heteroatoms. The monoisotopic (exact) mass is 400 g/mol. The molecule has 136 valence electrons. The summed E-state index contributed by atoms with van der Waals surface area (Å²) in [5.41, 5.74) is 2.07. The Morgan fingerprint density at radius 3 is 2.38 bits per heavy atom. The van der Waals surface area contributed by atoms with Crippen LogP contribution in [0.25, 0.3) is 0 Å². The summed E-state index contributed by atoms with van der Waals surface area (Å²) in [7, 11) is 0. The van der Waals surface area contributed by atoms with Gasteiger partial charge in [0.1, 0.15) is 0 Å². The van der Waals surface area contributed by atoms with Gasteiger partial charge in [0, 0.05) is 0 Å². The number of carbonyl (C=O) groups excluding carboxylic acids is 2. The summed E-state index contributed by atoms with van der Waals surface area (Å²) in [6.45, 7) is 2.39. The molecule has 2 amide bonds. The van der Waals surface area contributed by atoms with E-state index >= 15 is 0 Å². The summed E-state index contributed by atoms with van der Waals surface area (Å²) in [4.78, 5) is 38.4. The van der Waals surface area contributed by atoms with E-state index in [2.05, 4.69) is 11.0 Å². The van der Waals surface area contributed by atoms with Crippen LogP contribution in [0.5, 0.6) is 0 Å². The molecule has 6 nitrogen and oxygen atoms in total. The van der Waals surface area contributed by atoms with Gasteiger partial charge in [-0.2, -0.15) is 0 Å². The molecule has 24 heavy (non-hydrogen) atoms.